The van der Waals surface area contributed by atoms with Gasteiger partial charge in [-0.1, -0.05) is 28.1 Å². The smallest absolute Gasteiger partial charge is 0.238 e. The Bertz CT molecular complexity index is 1060. The summed E-state index contributed by atoms with van der Waals surface area (Å²) < 4.78 is 29.1. The third kappa shape index (κ3) is 5.25. The number of oxazole rings is 1. The van der Waals surface area contributed by atoms with Gasteiger partial charge in [0.25, 0.3) is 0 Å². The number of nitrogens with two attached hydrogens (primary N) is 1. The van der Waals surface area contributed by atoms with Crippen LogP contribution in [0.3, 0.4) is 0 Å². The van der Waals surface area contributed by atoms with Gasteiger partial charge >= 0.3 is 0 Å². The summed E-state index contributed by atoms with van der Waals surface area (Å²) in [7, 11) is -3.75. The Morgan fingerprint density at radius 1 is 1.19 bits per heavy atom. The number of benzene rings is 2. The van der Waals surface area contributed by atoms with Gasteiger partial charge in [0.15, 0.2) is 11.7 Å². The molecule has 0 aliphatic carbocycles. The molecule has 27 heavy (non-hydrogen) atoms. The fourth-order valence-corrected chi connectivity index (χ4v) is 3.29. The summed E-state index contributed by atoms with van der Waals surface area (Å²) in [5, 5.41) is 7.72. The Hall–Kier alpha value is -2.49. The van der Waals surface area contributed by atoms with Crippen molar-refractivity contribution in [3.05, 3.63) is 65.1 Å². The Kier molecular flexibility index (Phi) is 5.73. The number of aromatic nitrogens is 1. The van der Waals surface area contributed by atoms with Gasteiger partial charge in [0.2, 0.25) is 15.9 Å². The monoisotopic (exact) mass is 449 g/mol. The average Bonchev–Trinajstić information content (AvgIpc) is 3.09. The third-order valence-electron chi connectivity index (χ3n) is 3.70. The van der Waals surface area contributed by atoms with Crippen LogP contribution >= 0.6 is 15.9 Å². The van der Waals surface area contributed by atoms with Gasteiger partial charge in [0, 0.05) is 28.6 Å². The van der Waals surface area contributed by atoms with Crippen molar-refractivity contribution in [2.75, 3.05) is 5.32 Å². The summed E-state index contributed by atoms with van der Waals surface area (Å²) in [5.41, 5.74) is 1.37. The van der Waals surface area contributed by atoms with Crippen molar-refractivity contribution in [3.8, 4) is 11.3 Å². The molecule has 0 aliphatic heterocycles. The van der Waals surface area contributed by atoms with Crippen LogP contribution in [-0.2, 0) is 21.2 Å². The van der Waals surface area contributed by atoms with Crippen molar-refractivity contribution in [3.63, 3.8) is 0 Å². The van der Waals surface area contributed by atoms with Gasteiger partial charge < -0.3 is 9.73 Å². The molecule has 3 N–H and O–H groups in total. The number of nitrogens with one attached hydrogen (secondary N) is 1. The van der Waals surface area contributed by atoms with E-state index in [9.17, 15) is 13.2 Å². The molecule has 0 aliphatic rings. The van der Waals surface area contributed by atoms with Crippen LogP contribution in [0.15, 0.2) is 68.5 Å². The first-order chi connectivity index (χ1) is 12.8. The molecule has 1 amide bonds. The van der Waals surface area contributed by atoms with Crippen molar-refractivity contribution < 1.29 is 17.6 Å². The molecule has 0 spiro atoms. The van der Waals surface area contributed by atoms with Crippen LogP contribution < -0.4 is 10.5 Å². The van der Waals surface area contributed by atoms with E-state index in [1.54, 1.807) is 6.20 Å². The molecule has 0 saturated carbocycles. The number of amides is 1. The highest BCUT2D eigenvalue weighted by molar-refractivity contribution is 9.10. The summed E-state index contributed by atoms with van der Waals surface area (Å²) >= 11 is 3.41. The molecule has 0 atom stereocenters. The van der Waals surface area contributed by atoms with E-state index in [1.807, 2.05) is 24.3 Å². The minimum atomic E-state index is -3.75. The van der Waals surface area contributed by atoms with Gasteiger partial charge in [-0.3, -0.25) is 4.79 Å². The first kappa shape index (κ1) is 19.3. The van der Waals surface area contributed by atoms with Crippen LogP contribution in [0.4, 0.5) is 5.69 Å². The highest BCUT2D eigenvalue weighted by Gasteiger charge is 2.11. The zero-order valence-electron chi connectivity index (χ0n) is 14.1. The molecule has 0 fully saturated rings. The predicted molar refractivity (Wildman–Crippen MR) is 104 cm³/mol. The topological polar surface area (TPSA) is 115 Å². The largest absolute Gasteiger partial charge is 0.441 e. The number of carbonyl (C=O) groups is 1. The Balaban J connectivity index is 1.57. The van der Waals surface area contributed by atoms with E-state index in [-0.39, 0.29) is 17.2 Å². The number of primary sulfonamides is 1. The summed E-state index contributed by atoms with van der Waals surface area (Å²) in [4.78, 5) is 16.2. The number of hydrogen-bond acceptors (Lipinski definition) is 5. The van der Waals surface area contributed by atoms with E-state index in [0.717, 1.165) is 10.0 Å². The van der Waals surface area contributed by atoms with E-state index >= 15 is 0 Å². The lowest BCUT2D eigenvalue weighted by Crippen LogP contribution is -2.14. The molecule has 0 radical (unpaired) electrons. The summed E-state index contributed by atoms with van der Waals surface area (Å²) in [6, 6.07) is 13.3. The highest BCUT2D eigenvalue weighted by Crippen LogP contribution is 2.24. The molecular formula is C18H16BrN3O4S. The number of nitrogens with zero attached hydrogens (tertiary/aromatic N) is 1. The maximum atomic E-state index is 12.1. The molecule has 1 heterocycles. The number of aryl methyl sites for hydroxylation is 1. The van der Waals surface area contributed by atoms with Gasteiger partial charge in [0.1, 0.15) is 0 Å². The Morgan fingerprint density at radius 2 is 1.93 bits per heavy atom. The second kappa shape index (κ2) is 8.03. The molecule has 3 rings (SSSR count). The van der Waals surface area contributed by atoms with Crippen molar-refractivity contribution in [1.29, 1.82) is 0 Å². The molecular weight excluding hydrogens is 434 g/mol. The number of halogens is 1. The van der Waals surface area contributed by atoms with Gasteiger partial charge in [0.05, 0.1) is 11.1 Å². The fourth-order valence-electron chi connectivity index (χ4n) is 2.37. The van der Waals surface area contributed by atoms with E-state index in [2.05, 4.69) is 26.2 Å². The van der Waals surface area contributed by atoms with E-state index in [1.165, 1.54) is 24.3 Å². The quantitative estimate of drug-likeness (QED) is 0.598. The number of sulfonamides is 1. The van der Waals surface area contributed by atoms with Crippen LogP contribution in [0.25, 0.3) is 11.3 Å². The minimum absolute atomic E-state index is 0.0136. The Labute approximate surface area is 164 Å². The van der Waals surface area contributed by atoms with E-state index in [0.29, 0.717) is 23.8 Å². The fraction of sp³-hybridized carbons (Fsp3) is 0.111. The van der Waals surface area contributed by atoms with Crippen molar-refractivity contribution in [2.24, 2.45) is 5.14 Å². The lowest BCUT2D eigenvalue weighted by molar-refractivity contribution is -0.116. The summed E-state index contributed by atoms with van der Waals surface area (Å²) in [5.74, 6) is 0.857. The van der Waals surface area contributed by atoms with Crippen LogP contribution in [-0.4, -0.2) is 19.3 Å². The van der Waals surface area contributed by atoms with Crippen molar-refractivity contribution >= 4 is 37.5 Å². The first-order valence-electron chi connectivity index (χ1n) is 7.94. The average molecular weight is 450 g/mol. The van der Waals surface area contributed by atoms with Crippen LogP contribution in [0.2, 0.25) is 0 Å². The number of hydrogen-bond donors (Lipinski definition) is 2. The zero-order valence-corrected chi connectivity index (χ0v) is 16.5. The Morgan fingerprint density at radius 3 is 2.59 bits per heavy atom. The van der Waals surface area contributed by atoms with Gasteiger partial charge in [-0.2, -0.15) is 0 Å². The highest BCUT2D eigenvalue weighted by atomic mass is 79.9. The van der Waals surface area contributed by atoms with E-state index in [4.69, 9.17) is 9.56 Å². The maximum absolute atomic E-state index is 12.1. The van der Waals surface area contributed by atoms with Crippen LogP contribution in [0, 0.1) is 0 Å². The maximum Gasteiger partial charge on any atom is 0.238 e. The number of rotatable bonds is 6. The summed E-state index contributed by atoms with van der Waals surface area (Å²) in [6.07, 6.45) is 2.14. The lowest BCUT2D eigenvalue weighted by atomic mass is 10.2. The second-order valence-corrected chi connectivity index (χ2v) is 8.22. The predicted octanol–water partition coefficient (Wildman–Crippen LogP) is 3.32. The molecule has 0 bridgehead atoms. The standard InChI is InChI=1S/C18H16BrN3O4S/c19-13-3-1-2-12(10-13)16-11-21-18(26-16)9-8-17(23)22-14-4-6-15(7-5-14)27(20,24)25/h1-7,10-11H,8-9H2,(H,22,23)(H2,20,24,25). The van der Waals surface area contributed by atoms with Crippen LogP contribution in [0.5, 0.6) is 0 Å². The second-order valence-electron chi connectivity index (χ2n) is 5.75. The van der Waals surface area contributed by atoms with E-state index < -0.39 is 10.0 Å². The molecule has 1 aromatic heterocycles. The molecule has 0 unspecified atom stereocenters. The lowest BCUT2D eigenvalue weighted by Gasteiger charge is -2.05. The zero-order chi connectivity index (χ0) is 19.4. The third-order valence-corrected chi connectivity index (χ3v) is 5.12. The van der Waals surface area contributed by atoms with Crippen LogP contribution in [0.1, 0.15) is 12.3 Å². The minimum Gasteiger partial charge on any atom is -0.441 e. The normalized spacial score (nSPS) is 11.3. The first-order valence-corrected chi connectivity index (χ1v) is 10.3. The molecule has 7 nitrogen and oxygen atoms in total. The number of anilines is 1. The van der Waals surface area contributed by atoms with Gasteiger partial charge in [-0.15, -0.1) is 0 Å². The van der Waals surface area contributed by atoms with Crippen molar-refractivity contribution in [2.45, 2.75) is 17.7 Å². The van der Waals surface area contributed by atoms with Crippen molar-refractivity contribution in [1.82, 2.24) is 4.98 Å². The number of carbonyl (C=O) groups excluding carboxylic acids is 1. The molecule has 0 saturated heterocycles. The molecule has 3 aromatic rings. The van der Waals surface area contributed by atoms with Gasteiger partial charge in [-0.25, -0.2) is 18.5 Å². The summed E-state index contributed by atoms with van der Waals surface area (Å²) in [6.45, 7) is 0. The van der Waals surface area contributed by atoms with Gasteiger partial charge in [-0.05, 0) is 36.4 Å². The molecule has 2 aromatic carbocycles. The SMILES string of the molecule is NS(=O)(=O)c1ccc(NC(=O)CCc2ncc(-c3cccc(Br)c3)o2)cc1. The molecule has 9 heteroatoms. The molecule has 140 valence electrons.